The summed E-state index contributed by atoms with van der Waals surface area (Å²) in [6, 6.07) is 3.93. The van der Waals surface area contributed by atoms with Crippen LogP contribution < -0.4 is 5.32 Å². The van der Waals surface area contributed by atoms with Crippen molar-refractivity contribution in [1.29, 1.82) is 0 Å². The van der Waals surface area contributed by atoms with Crippen LogP contribution in [-0.4, -0.2) is 10.2 Å². The second-order valence-electron chi connectivity index (χ2n) is 2.99. The van der Waals surface area contributed by atoms with E-state index in [1.54, 1.807) is 12.4 Å². The zero-order chi connectivity index (χ0) is 9.97. The van der Waals surface area contributed by atoms with E-state index in [2.05, 4.69) is 31.4 Å². The molecule has 0 saturated carbocycles. The first-order chi connectivity index (χ1) is 6.75. The quantitative estimate of drug-likeness (QED) is 0.887. The van der Waals surface area contributed by atoms with Crippen LogP contribution in [0, 0.1) is 0 Å². The van der Waals surface area contributed by atoms with Crippen molar-refractivity contribution in [3.8, 4) is 0 Å². The molecule has 2 heterocycles. The highest BCUT2D eigenvalue weighted by atomic mass is 79.9. The van der Waals surface area contributed by atoms with Crippen molar-refractivity contribution in [3.05, 3.63) is 35.0 Å². The third-order valence-electron chi connectivity index (χ3n) is 1.90. The first-order valence-corrected chi connectivity index (χ1v) is 5.05. The molecule has 2 aromatic rings. The summed E-state index contributed by atoms with van der Waals surface area (Å²) in [4.78, 5) is 0. The third kappa shape index (κ3) is 1.98. The molecule has 2 N–H and O–H groups in total. The van der Waals surface area contributed by atoms with Crippen LogP contribution in [0.3, 0.4) is 0 Å². The Hall–Kier alpha value is -1.23. The smallest absolute Gasteiger partial charge is 0.169 e. The van der Waals surface area contributed by atoms with Gasteiger partial charge in [-0.15, -0.1) is 0 Å². The normalized spacial score (nSPS) is 12.7. The molecule has 0 aliphatic heterocycles. The SMILES string of the molecule is CC(Nc1cn[nH]c1)c1ccc(Br)o1. The summed E-state index contributed by atoms with van der Waals surface area (Å²) < 4.78 is 6.16. The van der Waals surface area contributed by atoms with E-state index in [1.807, 2.05) is 19.1 Å². The van der Waals surface area contributed by atoms with Crippen molar-refractivity contribution in [3.63, 3.8) is 0 Å². The lowest BCUT2D eigenvalue weighted by Crippen LogP contribution is -2.04. The summed E-state index contributed by atoms with van der Waals surface area (Å²) >= 11 is 3.27. The predicted octanol–water partition coefficient (Wildman–Crippen LogP) is 2.94. The van der Waals surface area contributed by atoms with Crippen molar-refractivity contribution in [2.75, 3.05) is 5.32 Å². The minimum absolute atomic E-state index is 0.124. The molecule has 0 bridgehead atoms. The molecular weight excluding hydrogens is 246 g/mol. The number of nitrogens with zero attached hydrogens (tertiary/aromatic N) is 1. The van der Waals surface area contributed by atoms with Crippen molar-refractivity contribution >= 4 is 21.6 Å². The molecule has 4 nitrogen and oxygen atoms in total. The molecule has 0 radical (unpaired) electrons. The molecule has 1 atom stereocenters. The highest BCUT2D eigenvalue weighted by Gasteiger charge is 2.09. The maximum Gasteiger partial charge on any atom is 0.169 e. The fourth-order valence-corrected chi connectivity index (χ4v) is 1.53. The Kier molecular flexibility index (Phi) is 2.58. The van der Waals surface area contributed by atoms with Crippen molar-refractivity contribution in [2.45, 2.75) is 13.0 Å². The molecule has 74 valence electrons. The first-order valence-electron chi connectivity index (χ1n) is 4.26. The van der Waals surface area contributed by atoms with Gasteiger partial charge in [-0.1, -0.05) is 0 Å². The van der Waals surface area contributed by atoms with E-state index >= 15 is 0 Å². The van der Waals surface area contributed by atoms with Crippen LogP contribution in [-0.2, 0) is 0 Å². The average molecular weight is 256 g/mol. The van der Waals surface area contributed by atoms with Crippen LogP contribution in [0.2, 0.25) is 0 Å². The van der Waals surface area contributed by atoms with Crippen molar-refractivity contribution < 1.29 is 4.42 Å². The average Bonchev–Trinajstić information content (AvgIpc) is 2.75. The largest absolute Gasteiger partial charge is 0.452 e. The molecule has 0 spiro atoms. The van der Waals surface area contributed by atoms with Gasteiger partial charge in [-0.25, -0.2) is 0 Å². The van der Waals surface area contributed by atoms with Gasteiger partial charge >= 0.3 is 0 Å². The van der Waals surface area contributed by atoms with E-state index < -0.39 is 0 Å². The van der Waals surface area contributed by atoms with Gasteiger partial charge in [0.15, 0.2) is 4.67 Å². The van der Waals surface area contributed by atoms with Crippen molar-refractivity contribution in [2.24, 2.45) is 0 Å². The van der Waals surface area contributed by atoms with Gasteiger partial charge in [-0.3, -0.25) is 5.10 Å². The Morgan fingerprint density at radius 2 is 2.43 bits per heavy atom. The van der Waals surface area contributed by atoms with Gasteiger partial charge in [0.2, 0.25) is 0 Å². The molecular formula is C9H10BrN3O. The topological polar surface area (TPSA) is 53.9 Å². The Morgan fingerprint density at radius 1 is 1.57 bits per heavy atom. The van der Waals surface area contributed by atoms with Crippen LogP contribution in [0.1, 0.15) is 18.7 Å². The second kappa shape index (κ2) is 3.88. The zero-order valence-electron chi connectivity index (χ0n) is 7.62. The lowest BCUT2D eigenvalue weighted by molar-refractivity contribution is 0.471. The number of hydrogen-bond donors (Lipinski definition) is 2. The molecule has 0 aliphatic rings. The fourth-order valence-electron chi connectivity index (χ4n) is 1.21. The van der Waals surface area contributed by atoms with Crippen LogP contribution in [0.4, 0.5) is 5.69 Å². The monoisotopic (exact) mass is 255 g/mol. The van der Waals surface area contributed by atoms with Gasteiger partial charge in [0.25, 0.3) is 0 Å². The lowest BCUT2D eigenvalue weighted by atomic mass is 10.2. The van der Waals surface area contributed by atoms with E-state index in [9.17, 15) is 0 Å². The van der Waals surface area contributed by atoms with E-state index in [4.69, 9.17) is 4.42 Å². The first kappa shape index (κ1) is 9.33. The van der Waals surface area contributed by atoms with E-state index in [1.165, 1.54) is 0 Å². The van der Waals surface area contributed by atoms with Gasteiger partial charge < -0.3 is 9.73 Å². The molecule has 5 heteroatoms. The van der Waals surface area contributed by atoms with Crippen LogP contribution in [0.15, 0.2) is 33.6 Å². The summed E-state index contributed by atoms with van der Waals surface area (Å²) in [6.07, 6.45) is 3.53. The van der Waals surface area contributed by atoms with E-state index in [0.29, 0.717) is 0 Å². The Labute approximate surface area is 89.8 Å². The van der Waals surface area contributed by atoms with Crippen LogP contribution >= 0.6 is 15.9 Å². The standard InChI is InChI=1S/C9H10BrN3O/c1-6(8-2-3-9(10)14-8)13-7-4-11-12-5-7/h2-6,13H,1H3,(H,11,12). The maximum atomic E-state index is 5.42. The molecule has 14 heavy (non-hydrogen) atoms. The summed E-state index contributed by atoms with van der Waals surface area (Å²) in [5.41, 5.74) is 0.949. The summed E-state index contributed by atoms with van der Waals surface area (Å²) in [5.74, 6) is 0.887. The minimum atomic E-state index is 0.124. The van der Waals surface area contributed by atoms with Gasteiger partial charge in [-0.05, 0) is 35.0 Å². The molecule has 0 amide bonds. The number of hydrogen-bond acceptors (Lipinski definition) is 3. The minimum Gasteiger partial charge on any atom is -0.452 e. The van der Waals surface area contributed by atoms with Gasteiger partial charge in [0.1, 0.15) is 5.76 Å². The Balaban J connectivity index is 2.06. The molecule has 0 aromatic carbocycles. The predicted molar refractivity (Wildman–Crippen MR) is 57.0 cm³/mol. The number of aromatic nitrogens is 2. The van der Waals surface area contributed by atoms with Crippen molar-refractivity contribution in [1.82, 2.24) is 10.2 Å². The fraction of sp³-hybridized carbons (Fsp3) is 0.222. The third-order valence-corrected chi connectivity index (χ3v) is 2.33. The highest BCUT2D eigenvalue weighted by Crippen LogP contribution is 2.22. The molecule has 2 rings (SSSR count). The van der Waals surface area contributed by atoms with Gasteiger partial charge in [0.05, 0.1) is 17.9 Å². The molecule has 0 fully saturated rings. The lowest BCUT2D eigenvalue weighted by Gasteiger charge is -2.09. The van der Waals surface area contributed by atoms with E-state index in [0.717, 1.165) is 16.1 Å². The van der Waals surface area contributed by atoms with Gasteiger partial charge in [0, 0.05) is 6.20 Å². The Morgan fingerprint density at radius 3 is 3.00 bits per heavy atom. The summed E-state index contributed by atoms with van der Waals surface area (Å²) in [5, 5.41) is 9.83. The molecule has 0 aliphatic carbocycles. The Bertz CT molecular complexity index is 396. The number of halogens is 1. The summed E-state index contributed by atoms with van der Waals surface area (Å²) in [7, 11) is 0. The maximum absolute atomic E-state index is 5.42. The number of anilines is 1. The number of H-pyrrole nitrogens is 1. The molecule has 2 aromatic heterocycles. The number of aromatic amines is 1. The highest BCUT2D eigenvalue weighted by molar-refractivity contribution is 9.10. The number of rotatable bonds is 3. The van der Waals surface area contributed by atoms with Gasteiger partial charge in [-0.2, -0.15) is 5.10 Å². The van der Waals surface area contributed by atoms with Crippen LogP contribution in [0.25, 0.3) is 0 Å². The molecule has 1 unspecified atom stereocenters. The van der Waals surface area contributed by atoms with Crippen LogP contribution in [0.5, 0.6) is 0 Å². The number of furan rings is 1. The van der Waals surface area contributed by atoms with E-state index in [-0.39, 0.29) is 6.04 Å². The molecule has 0 saturated heterocycles. The number of nitrogens with one attached hydrogen (secondary N) is 2. The summed E-state index contributed by atoms with van der Waals surface area (Å²) in [6.45, 7) is 2.03. The second-order valence-corrected chi connectivity index (χ2v) is 3.78. The zero-order valence-corrected chi connectivity index (χ0v) is 9.21.